The maximum Gasteiger partial charge on any atom is 0.290 e. The van der Waals surface area contributed by atoms with E-state index in [9.17, 15) is 14.4 Å². The minimum absolute atomic E-state index is 0.0754. The van der Waals surface area contributed by atoms with Crippen LogP contribution in [0.2, 0.25) is 0 Å². The molecule has 2 saturated carbocycles. The second-order valence-electron chi connectivity index (χ2n) is 12.2. The molecule has 2 aromatic carbocycles. The van der Waals surface area contributed by atoms with E-state index in [0.717, 1.165) is 68.9 Å². The summed E-state index contributed by atoms with van der Waals surface area (Å²) in [4.78, 5) is 38.3. The SMILES string of the molecule is C=C1C=C(C(=O)Nc2cc(C(=O)CCCCC3CCCC3=O)ccc2C2CCC(c3ccccc3C)CC2)OC1C. The number of ketones is 2. The molecule has 0 bridgehead atoms. The number of nitrogens with one attached hydrogen (secondary N) is 1. The smallest absolute Gasteiger partial charge is 0.290 e. The first-order chi connectivity index (χ1) is 19.8. The van der Waals surface area contributed by atoms with E-state index in [-0.39, 0.29) is 29.5 Å². The number of amides is 1. The van der Waals surface area contributed by atoms with Gasteiger partial charge in [0.15, 0.2) is 11.5 Å². The molecule has 41 heavy (non-hydrogen) atoms. The Labute approximate surface area is 244 Å². The van der Waals surface area contributed by atoms with Gasteiger partial charge >= 0.3 is 0 Å². The molecule has 5 heteroatoms. The highest BCUT2D eigenvalue weighted by molar-refractivity contribution is 6.05. The number of hydrogen-bond donors (Lipinski definition) is 1. The molecule has 1 amide bonds. The van der Waals surface area contributed by atoms with E-state index in [1.165, 1.54) is 11.1 Å². The van der Waals surface area contributed by atoms with Crippen LogP contribution in [0.25, 0.3) is 0 Å². The fourth-order valence-electron chi connectivity index (χ4n) is 6.86. The lowest BCUT2D eigenvalue weighted by atomic mass is 9.75. The van der Waals surface area contributed by atoms with Crippen molar-refractivity contribution in [3.63, 3.8) is 0 Å². The number of carbonyl (C=O) groups excluding carboxylic acids is 3. The van der Waals surface area contributed by atoms with Gasteiger partial charge < -0.3 is 10.1 Å². The molecular weight excluding hydrogens is 510 g/mol. The number of benzene rings is 2. The molecule has 2 unspecified atom stereocenters. The Hall–Kier alpha value is -3.47. The van der Waals surface area contributed by atoms with Crippen molar-refractivity contribution >= 4 is 23.2 Å². The predicted octanol–water partition coefficient (Wildman–Crippen LogP) is 8.35. The first-order valence-electron chi connectivity index (χ1n) is 15.4. The quantitative estimate of drug-likeness (QED) is 0.237. The molecule has 2 atom stereocenters. The molecule has 0 aromatic heterocycles. The Kier molecular flexibility index (Phi) is 9.22. The van der Waals surface area contributed by atoms with Crippen LogP contribution in [-0.4, -0.2) is 23.6 Å². The van der Waals surface area contributed by atoms with Gasteiger partial charge in [0.05, 0.1) is 0 Å². The lowest BCUT2D eigenvalue weighted by molar-refractivity contribution is -0.120. The number of carbonyl (C=O) groups is 3. The van der Waals surface area contributed by atoms with Crippen LogP contribution < -0.4 is 5.32 Å². The first kappa shape index (κ1) is 29.0. The van der Waals surface area contributed by atoms with Gasteiger partial charge in [-0.25, -0.2) is 0 Å². The normalized spacial score (nSPS) is 24.2. The molecule has 0 saturated heterocycles. The van der Waals surface area contributed by atoms with Gasteiger partial charge in [0.25, 0.3) is 5.91 Å². The fraction of sp³-hybridized carbons (Fsp3) is 0.472. The van der Waals surface area contributed by atoms with Crippen LogP contribution in [0.15, 0.2) is 66.5 Å². The van der Waals surface area contributed by atoms with Crippen LogP contribution in [0.4, 0.5) is 5.69 Å². The molecule has 1 N–H and O–H groups in total. The highest BCUT2D eigenvalue weighted by atomic mass is 16.5. The molecule has 0 spiro atoms. The maximum atomic E-state index is 13.2. The number of hydrogen-bond acceptors (Lipinski definition) is 4. The average Bonchev–Trinajstić information content (AvgIpc) is 3.55. The van der Waals surface area contributed by atoms with Gasteiger partial charge in [-0.05, 0) is 111 Å². The molecule has 3 aliphatic rings. The third-order valence-corrected chi connectivity index (χ3v) is 9.42. The van der Waals surface area contributed by atoms with Gasteiger partial charge in [-0.2, -0.15) is 0 Å². The van der Waals surface area contributed by atoms with Gasteiger partial charge in [0.1, 0.15) is 11.9 Å². The van der Waals surface area contributed by atoms with E-state index in [4.69, 9.17) is 4.74 Å². The predicted molar refractivity (Wildman–Crippen MR) is 163 cm³/mol. The summed E-state index contributed by atoms with van der Waals surface area (Å²) in [6.07, 6.45) is 11.4. The third kappa shape index (κ3) is 6.89. The van der Waals surface area contributed by atoms with E-state index >= 15 is 0 Å². The molecule has 216 valence electrons. The van der Waals surface area contributed by atoms with Gasteiger partial charge in [-0.1, -0.05) is 49.4 Å². The monoisotopic (exact) mass is 553 g/mol. The largest absolute Gasteiger partial charge is 0.480 e. The third-order valence-electron chi connectivity index (χ3n) is 9.42. The van der Waals surface area contributed by atoms with Crippen LogP contribution in [0.5, 0.6) is 0 Å². The van der Waals surface area contributed by atoms with Gasteiger partial charge in [0.2, 0.25) is 0 Å². The van der Waals surface area contributed by atoms with Crippen molar-refractivity contribution in [1.82, 2.24) is 0 Å². The van der Waals surface area contributed by atoms with Crippen LogP contribution in [0.1, 0.15) is 116 Å². The van der Waals surface area contributed by atoms with Gasteiger partial charge in [-0.3, -0.25) is 14.4 Å². The topological polar surface area (TPSA) is 72.5 Å². The number of rotatable bonds is 10. The molecule has 2 fully saturated rings. The van der Waals surface area contributed by atoms with Crippen LogP contribution >= 0.6 is 0 Å². The maximum absolute atomic E-state index is 13.2. The van der Waals surface area contributed by atoms with E-state index in [0.29, 0.717) is 41.7 Å². The van der Waals surface area contributed by atoms with Crippen molar-refractivity contribution in [2.24, 2.45) is 5.92 Å². The second kappa shape index (κ2) is 13.0. The Bertz CT molecular complexity index is 1350. The second-order valence-corrected chi connectivity index (χ2v) is 12.2. The van der Waals surface area contributed by atoms with Gasteiger partial charge in [-0.15, -0.1) is 0 Å². The highest BCUT2D eigenvalue weighted by Gasteiger charge is 2.29. The lowest BCUT2D eigenvalue weighted by Gasteiger charge is -2.31. The summed E-state index contributed by atoms with van der Waals surface area (Å²) < 4.78 is 5.72. The molecule has 5 rings (SSSR count). The van der Waals surface area contributed by atoms with Crippen molar-refractivity contribution in [2.45, 2.75) is 102 Å². The average molecular weight is 554 g/mol. The summed E-state index contributed by atoms with van der Waals surface area (Å²) in [6.45, 7) is 8.02. The number of aryl methyl sites for hydroxylation is 1. The Morgan fingerprint density at radius 3 is 2.37 bits per heavy atom. The summed E-state index contributed by atoms with van der Waals surface area (Å²) >= 11 is 0. The minimum atomic E-state index is -0.309. The zero-order valence-corrected chi connectivity index (χ0v) is 24.5. The molecular formula is C36H43NO4. The zero-order chi connectivity index (χ0) is 28.9. The van der Waals surface area contributed by atoms with E-state index in [1.54, 1.807) is 6.08 Å². The Morgan fingerprint density at radius 1 is 0.976 bits per heavy atom. The van der Waals surface area contributed by atoms with Crippen LogP contribution in [0, 0.1) is 12.8 Å². The van der Waals surface area contributed by atoms with Crippen molar-refractivity contribution < 1.29 is 19.1 Å². The van der Waals surface area contributed by atoms with Gasteiger partial charge in [0, 0.05) is 30.0 Å². The summed E-state index contributed by atoms with van der Waals surface area (Å²) in [6, 6.07) is 14.5. The Morgan fingerprint density at radius 2 is 1.71 bits per heavy atom. The lowest BCUT2D eigenvalue weighted by Crippen LogP contribution is -2.20. The number of unbranched alkanes of at least 4 members (excludes halogenated alkanes) is 1. The molecule has 1 aliphatic heterocycles. The summed E-state index contributed by atoms with van der Waals surface area (Å²) in [5.41, 5.74) is 5.97. The zero-order valence-electron chi connectivity index (χ0n) is 24.5. The summed E-state index contributed by atoms with van der Waals surface area (Å²) in [5, 5.41) is 3.08. The summed E-state index contributed by atoms with van der Waals surface area (Å²) in [5.74, 6) is 1.47. The van der Waals surface area contributed by atoms with Crippen LogP contribution in [-0.2, 0) is 14.3 Å². The molecule has 2 aromatic rings. The van der Waals surface area contributed by atoms with Crippen molar-refractivity contribution in [1.29, 1.82) is 0 Å². The van der Waals surface area contributed by atoms with Crippen molar-refractivity contribution in [3.8, 4) is 0 Å². The van der Waals surface area contributed by atoms with E-state index in [2.05, 4.69) is 43.1 Å². The van der Waals surface area contributed by atoms with E-state index in [1.807, 2.05) is 25.1 Å². The minimum Gasteiger partial charge on any atom is -0.480 e. The number of anilines is 1. The number of ether oxygens (including phenoxy) is 1. The first-order valence-corrected chi connectivity index (χ1v) is 15.4. The number of Topliss-reactive ketones (excluding diaryl/α,β-unsaturated/α-hetero) is 2. The van der Waals surface area contributed by atoms with E-state index < -0.39 is 0 Å². The van der Waals surface area contributed by atoms with Crippen molar-refractivity contribution in [2.75, 3.05) is 5.32 Å². The van der Waals surface area contributed by atoms with Crippen molar-refractivity contribution in [3.05, 3.63) is 88.7 Å². The molecule has 0 radical (unpaired) electrons. The molecule has 1 heterocycles. The van der Waals surface area contributed by atoms with Crippen LogP contribution in [0.3, 0.4) is 0 Å². The fourth-order valence-corrected chi connectivity index (χ4v) is 6.86. The Balaban J connectivity index is 1.28. The standard InChI is InChI=1S/C36H43NO4/c1-23-9-4-6-12-30(23)26-15-17-27(18-16-26)31-20-19-29(34(39)13-7-5-10-28-11-8-14-33(28)38)22-32(31)37-36(40)35-21-24(2)25(3)41-35/h4,6,9,12,19-22,25-28H,2,5,7-8,10-11,13-18H2,1,3H3,(H,37,40). The summed E-state index contributed by atoms with van der Waals surface area (Å²) in [7, 11) is 0. The molecule has 5 nitrogen and oxygen atoms in total. The molecule has 2 aliphatic carbocycles. The highest BCUT2D eigenvalue weighted by Crippen LogP contribution is 2.43.